The zero-order valence-electron chi connectivity index (χ0n) is 12.4. The van der Waals surface area contributed by atoms with E-state index in [0.29, 0.717) is 12.0 Å². The van der Waals surface area contributed by atoms with Gasteiger partial charge in [0.15, 0.2) is 0 Å². The predicted octanol–water partition coefficient (Wildman–Crippen LogP) is 3.24. The molecule has 0 amide bonds. The number of hydrogen-bond acceptors (Lipinski definition) is 2. The van der Waals surface area contributed by atoms with Crippen LogP contribution in [0.2, 0.25) is 0 Å². The van der Waals surface area contributed by atoms with Crippen LogP contribution in [-0.4, -0.2) is 35.1 Å². The third-order valence-electron chi connectivity index (χ3n) is 4.40. The maximum absolute atomic E-state index is 10.9. The van der Waals surface area contributed by atoms with E-state index >= 15 is 0 Å². The van der Waals surface area contributed by atoms with Gasteiger partial charge in [-0.05, 0) is 57.3 Å². The second-order valence-corrected chi connectivity index (χ2v) is 6.44. The molecule has 1 saturated carbocycles. The highest BCUT2D eigenvalue weighted by Crippen LogP contribution is 2.33. The second kappa shape index (κ2) is 7.13. The molecule has 3 heteroatoms. The number of carboxylic acids is 1. The molecule has 0 radical (unpaired) electrons. The molecule has 0 aliphatic heterocycles. The van der Waals surface area contributed by atoms with Gasteiger partial charge in [0.1, 0.15) is 0 Å². The van der Waals surface area contributed by atoms with E-state index < -0.39 is 5.97 Å². The van der Waals surface area contributed by atoms with E-state index in [1.165, 1.54) is 25.7 Å². The van der Waals surface area contributed by atoms with E-state index in [2.05, 4.69) is 32.6 Å². The molecule has 0 aromatic rings. The van der Waals surface area contributed by atoms with E-state index in [-0.39, 0.29) is 6.54 Å². The van der Waals surface area contributed by atoms with E-state index in [1.54, 1.807) is 0 Å². The van der Waals surface area contributed by atoms with Gasteiger partial charge in [0.05, 0.1) is 6.54 Å². The van der Waals surface area contributed by atoms with Crippen LogP contribution in [-0.2, 0) is 4.79 Å². The van der Waals surface area contributed by atoms with Crippen molar-refractivity contribution in [3.05, 3.63) is 0 Å². The van der Waals surface area contributed by atoms with E-state index in [4.69, 9.17) is 5.11 Å². The average molecular weight is 255 g/mol. The highest BCUT2D eigenvalue weighted by Gasteiger charge is 2.25. The van der Waals surface area contributed by atoms with Crippen LogP contribution in [0.5, 0.6) is 0 Å². The standard InChI is InChI=1S/C15H29NO2/c1-11(2)14-7-5-13(6-8-14)9-16(12(3)4)10-15(17)18/h11-14H,5-10H2,1-4H3,(H,17,18). The summed E-state index contributed by atoms with van der Waals surface area (Å²) in [5, 5.41) is 8.94. The van der Waals surface area contributed by atoms with Crippen LogP contribution in [0, 0.1) is 17.8 Å². The first-order valence-corrected chi connectivity index (χ1v) is 7.36. The van der Waals surface area contributed by atoms with Gasteiger partial charge in [0.25, 0.3) is 0 Å². The number of rotatable bonds is 6. The Labute approximate surface area is 112 Å². The third-order valence-corrected chi connectivity index (χ3v) is 4.40. The van der Waals surface area contributed by atoms with Gasteiger partial charge in [0, 0.05) is 12.6 Å². The van der Waals surface area contributed by atoms with E-state index in [9.17, 15) is 4.79 Å². The Balaban J connectivity index is 2.40. The minimum atomic E-state index is -0.709. The molecule has 0 aromatic heterocycles. The van der Waals surface area contributed by atoms with Gasteiger partial charge in [0.2, 0.25) is 0 Å². The maximum atomic E-state index is 10.9. The smallest absolute Gasteiger partial charge is 0.317 e. The highest BCUT2D eigenvalue weighted by atomic mass is 16.4. The zero-order valence-corrected chi connectivity index (χ0v) is 12.4. The molecule has 0 aromatic carbocycles. The van der Waals surface area contributed by atoms with Crippen molar-refractivity contribution in [3.63, 3.8) is 0 Å². The van der Waals surface area contributed by atoms with Crippen LogP contribution in [0.25, 0.3) is 0 Å². The lowest BCUT2D eigenvalue weighted by Crippen LogP contribution is -2.40. The summed E-state index contributed by atoms with van der Waals surface area (Å²) in [4.78, 5) is 13.0. The number of nitrogens with zero attached hydrogens (tertiary/aromatic N) is 1. The third kappa shape index (κ3) is 4.97. The highest BCUT2D eigenvalue weighted by molar-refractivity contribution is 5.69. The Bertz CT molecular complexity index is 255. The van der Waals surface area contributed by atoms with Crippen LogP contribution in [0.4, 0.5) is 0 Å². The minimum Gasteiger partial charge on any atom is -0.480 e. The SMILES string of the molecule is CC(C)C1CCC(CN(CC(=O)O)C(C)C)CC1. The first-order valence-electron chi connectivity index (χ1n) is 7.36. The zero-order chi connectivity index (χ0) is 13.7. The first kappa shape index (κ1) is 15.5. The molecule has 1 rings (SSSR count). The summed E-state index contributed by atoms with van der Waals surface area (Å²) in [6, 6.07) is 0.323. The topological polar surface area (TPSA) is 40.5 Å². The second-order valence-electron chi connectivity index (χ2n) is 6.44. The number of hydrogen-bond donors (Lipinski definition) is 1. The van der Waals surface area contributed by atoms with Crippen molar-refractivity contribution in [1.82, 2.24) is 4.90 Å². The van der Waals surface area contributed by atoms with E-state index in [1.807, 2.05) is 0 Å². The molecule has 0 bridgehead atoms. The Morgan fingerprint density at radius 2 is 1.72 bits per heavy atom. The van der Waals surface area contributed by atoms with Crippen molar-refractivity contribution in [3.8, 4) is 0 Å². The number of aliphatic carboxylic acids is 1. The lowest BCUT2D eigenvalue weighted by Gasteiger charge is -2.35. The molecular weight excluding hydrogens is 226 g/mol. The van der Waals surface area contributed by atoms with Crippen molar-refractivity contribution in [1.29, 1.82) is 0 Å². The van der Waals surface area contributed by atoms with Crippen LogP contribution >= 0.6 is 0 Å². The normalized spacial score (nSPS) is 25.1. The van der Waals surface area contributed by atoms with Crippen molar-refractivity contribution in [2.45, 2.75) is 59.4 Å². The van der Waals surface area contributed by atoms with Gasteiger partial charge in [-0.15, -0.1) is 0 Å². The molecule has 106 valence electrons. The van der Waals surface area contributed by atoms with Gasteiger partial charge in [-0.3, -0.25) is 9.69 Å². The van der Waals surface area contributed by atoms with Gasteiger partial charge in [-0.1, -0.05) is 13.8 Å². The molecular formula is C15H29NO2. The van der Waals surface area contributed by atoms with Crippen molar-refractivity contribution in [2.75, 3.05) is 13.1 Å². The number of carboxylic acid groups (broad SMARTS) is 1. The minimum absolute atomic E-state index is 0.182. The van der Waals surface area contributed by atoms with Crippen molar-refractivity contribution < 1.29 is 9.90 Å². The van der Waals surface area contributed by atoms with Gasteiger partial charge >= 0.3 is 5.97 Å². The summed E-state index contributed by atoms with van der Waals surface area (Å²) in [6.07, 6.45) is 5.18. The maximum Gasteiger partial charge on any atom is 0.317 e. The Hall–Kier alpha value is -0.570. The molecule has 3 nitrogen and oxygen atoms in total. The summed E-state index contributed by atoms with van der Waals surface area (Å²) in [6.45, 7) is 9.94. The molecule has 18 heavy (non-hydrogen) atoms. The molecule has 1 N–H and O–H groups in total. The quantitative estimate of drug-likeness (QED) is 0.792. The van der Waals surface area contributed by atoms with Gasteiger partial charge in [-0.2, -0.15) is 0 Å². The van der Waals surface area contributed by atoms with Crippen LogP contribution in [0.1, 0.15) is 53.4 Å². The van der Waals surface area contributed by atoms with Crippen molar-refractivity contribution in [2.24, 2.45) is 17.8 Å². The molecule has 0 heterocycles. The summed E-state index contributed by atoms with van der Waals surface area (Å²) in [5.41, 5.74) is 0. The molecule has 1 aliphatic rings. The summed E-state index contributed by atoms with van der Waals surface area (Å²) < 4.78 is 0. The monoisotopic (exact) mass is 255 g/mol. The summed E-state index contributed by atoms with van der Waals surface area (Å²) in [7, 11) is 0. The molecule has 0 spiro atoms. The fourth-order valence-corrected chi connectivity index (χ4v) is 3.00. The molecule has 0 saturated heterocycles. The average Bonchev–Trinajstić information content (AvgIpc) is 2.28. The van der Waals surface area contributed by atoms with E-state index in [0.717, 1.165) is 18.4 Å². The van der Waals surface area contributed by atoms with Crippen LogP contribution < -0.4 is 0 Å². The van der Waals surface area contributed by atoms with Crippen LogP contribution in [0.3, 0.4) is 0 Å². The summed E-state index contributed by atoms with van der Waals surface area (Å²) in [5.74, 6) is 1.67. The summed E-state index contributed by atoms with van der Waals surface area (Å²) >= 11 is 0. The van der Waals surface area contributed by atoms with Crippen molar-refractivity contribution >= 4 is 5.97 Å². The Morgan fingerprint density at radius 3 is 2.11 bits per heavy atom. The number of carbonyl (C=O) groups is 1. The lowest BCUT2D eigenvalue weighted by atomic mass is 9.77. The molecule has 1 aliphatic carbocycles. The van der Waals surface area contributed by atoms with Gasteiger partial charge < -0.3 is 5.11 Å². The molecule has 0 unspecified atom stereocenters. The van der Waals surface area contributed by atoms with Gasteiger partial charge in [-0.25, -0.2) is 0 Å². The molecule has 0 atom stereocenters. The fraction of sp³-hybridized carbons (Fsp3) is 0.933. The lowest BCUT2D eigenvalue weighted by molar-refractivity contribution is -0.139. The predicted molar refractivity (Wildman–Crippen MR) is 74.6 cm³/mol. The first-order chi connectivity index (χ1) is 8.40. The molecule has 1 fully saturated rings. The fourth-order valence-electron chi connectivity index (χ4n) is 3.00. The Morgan fingerprint density at radius 1 is 1.17 bits per heavy atom. The Kier molecular flexibility index (Phi) is 6.13. The largest absolute Gasteiger partial charge is 0.480 e. The van der Waals surface area contributed by atoms with Crippen LogP contribution in [0.15, 0.2) is 0 Å².